The first-order valence-electron chi connectivity index (χ1n) is 3.07. The highest BCUT2D eigenvalue weighted by molar-refractivity contribution is 7.95. The molecule has 5 heteroatoms. The van der Waals surface area contributed by atoms with Gasteiger partial charge in [0.05, 0.1) is 0 Å². The zero-order chi connectivity index (χ0) is 8.15. The highest BCUT2D eigenvalue weighted by Crippen LogP contribution is 1.91. The summed E-state index contributed by atoms with van der Waals surface area (Å²) >= 11 is -2.13. The monoisotopic (exact) mass is 164 g/mol. The molecule has 0 aliphatic heterocycles. The van der Waals surface area contributed by atoms with Crippen LogP contribution in [0.3, 0.4) is 0 Å². The molecule has 10 heavy (non-hydrogen) atoms. The van der Waals surface area contributed by atoms with E-state index in [2.05, 4.69) is 0 Å². The molecule has 0 aromatic rings. The molecule has 0 fully saturated rings. The minimum atomic E-state index is -2.13. The Bertz CT molecular complexity index is 145. The van der Waals surface area contributed by atoms with Crippen molar-refractivity contribution in [1.82, 2.24) is 4.90 Å². The molecule has 0 bridgehead atoms. The summed E-state index contributed by atoms with van der Waals surface area (Å²) in [5, 5.41) is 6.86. The summed E-state index contributed by atoms with van der Waals surface area (Å²) in [6.45, 7) is 4.87. The fraction of sp³-hybridized carbons (Fsp3) is 0.800. The largest absolute Gasteiger partial charge is 0.348 e. The van der Waals surface area contributed by atoms with Crippen LogP contribution in [0.1, 0.15) is 13.8 Å². The maximum atomic E-state index is 10.3. The van der Waals surface area contributed by atoms with E-state index in [0.717, 1.165) is 0 Å². The highest BCUT2D eigenvalue weighted by atomic mass is 32.2. The summed E-state index contributed by atoms with van der Waals surface area (Å²) in [5.74, 6) is 0. The average Bonchev–Trinajstić information content (AvgIpc) is 1.90. The second-order valence-corrected chi connectivity index (χ2v) is 2.61. The topological polar surface area (TPSA) is 64.4 Å². The molecule has 0 spiro atoms. The molecular weight excluding hydrogens is 152 g/mol. The van der Waals surface area contributed by atoms with Gasteiger partial charge in [0.1, 0.15) is 0 Å². The van der Waals surface area contributed by atoms with Gasteiger partial charge in [-0.15, -0.1) is 0 Å². The first kappa shape index (κ1) is 9.58. The van der Waals surface area contributed by atoms with Crippen LogP contribution in [-0.2, 0) is 11.1 Å². The molecule has 0 rings (SSSR count). The van der Waals surface area contributed by atoms with Crippen LogP contribution in [0.25, 0.3) is 0 Å². The second kappa shape index (κ2) is 4.40. The Kier molecular flexibility index (Phi) is 4.22. The molecule has 0 amide bonds. The number of nitrogens with zero attached hydrogens (tertiary/aromatic N) is 1. The van der Waals surface area contributed by atoms with Crippen molar-refractivity contribution in [3.05, 3.63) is 0 Å². The van der Waals surface area contributed by atoms with Crippen LogP contribution < -0.4 is 0 Å². The molecule has 1 unspecified atom stereocenters. The molecule has 0 heterocycles. The molecular formula is C5H12N2O2S. The van der Waals surface area contributed by atoms with Crippen molar-refractivity contribution in [3.8, 4) is 0 Å². The minimum Gasteiger partial charge on any atom is -0.348 e. The molecule has 0 saturated heterocycles. The fourth-order valence-corrected chi connectivity index (χ4v) is 1.10. The smallest absolute Gasteiger partial charge is 0.222 e. The Labute approximate surface area is 63.0 Å². The van der Waals surface area contributed by atoms with Gasteiger partial charge in [-0.3, -0.25) is 9.96 Å². The van der Waals surface area contributed by atoms with Crippen molar-refractivity contribution in [2.45, 2.75) is 13.8 Å². The third-order valence-corrected chi connectivity index (χ3v) is 1.81. The molecule has 0 saturated carbocycles. The third-order valence-electron chi connectivity index (χ3n) is 1.22. The van der Waals surface area contributed by atoms with Crippen molar-refractivity contribution in [2.24, 2.45) is 0 Å². The zero-order valence-electron chi connectivity index (χ0n) is 6.13. The van der Waals surface area contributed by atoms with E-state index in [1.54, 1.807) is 0 Å². The zero-order valence-corrected chi connectivity index (χ0v) is 6.94. The van der Waals surface area contributed by atoms with Crippen molar-refractivity contribution in [2.75, 3.05) is 13.1 Å². The van der Waals surface area contributed by atoms with Crippen LogP contribution in [0.4, 0.5) is 0 Å². The Hall–Kier alpha value is -0.420. The number of hydrogen-bond acceptors (Lipinski definition) is 2. The fourth-order valence-electron chi connectivity index (χ4n) is 0.621. The van der Waals surface area contributed by atoms with E-state index in [4.69, 9.17) is 9.96 Å². The number of amidine groups is 1. The normalized spacial score (nSPS) is 12.7. The SMILES string of the molecule is CCN(CC)C(=N)S(=O)O. The van der Waals surface area contributed by atoms with Gasteiger partial charge in [-0.2, -0.15) is 0 Å². The first-order valence-corrected chi connectivity index (χ1v) is 4.18. The standard InChI is InChI=1S/C5H12N2O2S/c1-3-7(4-2)5(6)10(8)9/h6H,3-4H2,1-2H3,(H,8,9). The Balaban J connectivity index is 4.02. The van der Waals surface area contributed by atoms with Gasteiger partial charge in [-0.05, 0) is 13.8 Å². The Morgan fingerprint density at radius 1 is 1.60 bits per heavy atom. The Morgan fingerprint density at radius 2 is 2.00 bits per heavy atom. The van der Waals surface area contributed by atoms with Gasteiger partial charge < -0.3 is 4.90 Å². The van der Waals surface area contributed by atoms with Gasteiger partial charge in [0.15, 0.2) is 0 Å². The molecule has 4 nitrogen and oxygen atoms in total. The van der Waals surface area contributed by atoms with Crippen LogP contribution in [0.2, 0.25) is 0 Å². The van der Waals surface area contributed by atoms with Crippen LogP contribution in [0.15, 0.2) is 0 Å². The highest BCUT2D eigenvalue weighted by Gasteiger charge is 2.09. The predicted octanol–water partition coefficient (Wildman–Crippen LogP) is 0.485. The number of nitrogens with one attached hydrogen (secondary N) is 1. The maximum Gasteiger partial charge on any atom is 0.222 e. The van der Waals surface area contributed by atoms with Gasteiger partial charge in [-0.25, -0.2) is 4.21 Å². The van der Waals surface area contributed by atoms with Gasteiger partial charge >= 0.3 is 0 Å². The van der Waals surface area contributed by atoms with Gasteiger partial charge in [0.25, 0.3) is 0 Å². The lowest BCUT2D eigenvalue weighted by Gasteiger charge is -2.17. The lowest BCUT2D eigenvalue weighted by Crippen LogP contribution is -2.32. The summed E-state index contributed by atoms with van der Waals surface area (Å²) in [7, 11) is 0. The lowest BCUT2D eigenvalue weighted by molar-refractivity contribution is 0.463. The van der Waals surface area contributed by atoms with E-state index >= 15 is 0 Å². The summed E-state index contributed by atoms with van der Waals surface area (Å²) in [6.07, 6.45) is 0. The summed E-state index contributed by atoms with van der Waals surface area (Å²) in [4.78, 5) is 1.52. The third kappa shape index (κ3) is 2.45. The summed E-state index contributed by atoms with van der Waals surface area (Å²) in [5.41, 5.74) is 0. The molecule has 1 atom stereocenters. The van der Waals surface area contributed by atoms with E-state index in [0.29, 0.717) is 13.1 Å². The van der Waals surface area contributed by atoms with E-state index in [9.17, 15) is 4.21 Å². The number of rotatable bonds is 2. The molecule has 0 aromatic heterocycles. The Morgan fingerprint density at radius 3 is 2.10 bits per heavy atom. The lowest BCUT2D eigenvalue weighted by atomic mass is 10.6. The van der Waals surface area contributed by atoms with Crippen molar-refractivity contribution < 1.29 is 8.76 Å². The van der Waals surface area contributed by atoms with Gasteiger partial charge in [0, 0.05) is 13.1 Å². The molecule has 0 aromatic carbocycles. The summed E-state index contributed by atoms with van der Waals surface area (Å²) < 4.78 is 18.8. The van der Waals surface area contributed by atoms with E-state index in [1.165, 1.54) is 4.90 Å². The predicted molar refractivity (Wildman–Crippen MR) is 41.4 cm³/mol. The second-order valence-electron chi connectivity index (χ2n) is 1.73. The van der Waals surface area contributed by atoms with Crippen LogP contribution in [-0.4, -0.2) is 31.9 Å². The average molecular weight is 164 g/mol. The summed E-state index contributed by atoms with van der Waals surface area (Å²) in [6, 6.07) is 0. The van der Waals surface area contributed by atoms with E-state index in [1.807, 2.05) is 13.8 Å². The van der Waals surface area contributed by atoms with Gasteiger partial charge in [-0.1, -0.05) is 0 Å². The molecule has 0 aliphatic rings. The van der Waals surface area contributed by atoms with E-state index in [-0.39, 0.29) is 5.17 Å². The number of hydrogen-bond donors (Lipinski definition) is 2. The molecule has 0 aliphatic carbocycles. The van der Waals surface area contributed by atoms with Gasteiger partial charge in [0.2, 0.25) is 16.2 Å². The quantitative estimate of drug-likeness (QED) is 0.354. The van der Waals surface area contributed by atoms with Crippen molar-refractivity contribution in [3.63, 3.8) is 0 Å². The first-order chi connectivity index (χ1) is 4.63. The van der Waals surface area contributed by atoms with Crippen molar-refractivity contribution in [1.29, 1.82) is 5.41 Å². The molecule has 0 radical (unpaired) electrons. The van der Waals surface area contributed by atoms with Crippen LogP contribution >= 0.6 is 0 Å². The maximum absolute atomic E-state index is 10.3. The molecule has 60 valence electrons. The molecule has 2 N–H and O–H groups in total. The van der Waals surface area contributed by atoms with E-state index < -0.39 is 11.1 Å². The minimum absolute atomic E-state index is 0.218. The van der Waals surface area contributed by atoms with Crippen molar-refractivity contribution >= 4 is 16.2 Å². The van der Waals surface area contributed by atoms with Crippen LogP contribution in [0, 0.1) is 5.41 Å². The van der Waals surface area contributed by atoms with Crippen LogP contribution in [0.5, 0.6) is 0 Å².